The van der Waals surface area contributed by atoms with Gasteiger partial charge in [0.2, 0.25) is 0 Å². The molecule has 31 heavy (non-hydrogen) atoms. The minimum atomic E-state index is -0.369. The number of hydrogen-bond acceptors (Lipinski definition) is 6. The summed E-state index contributed by atoms with van der Waals surface area (Å²) in [5, 5.41) is 6.42. The summed E-state index contributed by atoms with van der Waals surface area (Å²) in [6.07, 6.45) is 2.80. The molecule has 1 aromatic carbocycles. The summed E-state index contributed by atoms with van der Waals surface area (Å²) in [5.41, 5.74) is 3.59. The minimum absolute atomic E-state index is 0.131. The Labute approximate surface area is 192 Å². The number of carbonyl (C=O) groups is 2. The number of anilines is 1. The van der Waals surface area contributed by atoms with Crippen LogP contribution in [0.15, 0.2) is 18.2 Å². The molecule has 1 unspecified atom stereocenters. The number of thiophene rings is 1. The van der Waals surface area contributed by atoms with Gasteiger partial charge in [0.15, 0.2) is 11.7 Å². The van der Waals surface area contributed by atoms with Crippen molar-refractivity contribution < 1.29 is 19.1 Å². The third-order valence-electron chi connectivity index (χ3n) is 5.17. The highest BCUT2D eigenvalue weighted by Crippen LogP contribution is 2.40. The molecule has 1 atom stereocenters. The highest BCUT2D eigenvalue weighted by molar-refractivity contribution is 7.80. The number of rotatable bonds is 6. The van der Waals surface area contributed by atoms with Crippen LogP contribution >= 0.6 is 23.6 Å². The van der Waals surface area contributed by atoms with E-state index in [0.717, 1.165) is 36.0 Å². The first kappa shape index (κ1) is 23.2. The molecule has 1 amide bonds. The van der Waals surface area contributed by atoms with Crippen molar-refractivity contribution in [2.45, 2.75) is 47.0 Å². The smallest absolute Gasteiger partial charge is 0.341 e. The van der Waals surface area contributed by atoms with Crippen molar-refractivity contribution in [3.63, 3.8) is 0 Å². The summed E-state index contributed by atoms with van der Waals surface area (Å²) in [4.78, 5) is 26.1. The van der Waals surface area contributed by atoms with Crippen molar-refractivity contribution in [3.05, 3.63) is 45.3 Å². The molecule has 0 saturated carbocycles. The van der Waals surface area contributed by atoms with E-state index in [1.807, 2.05) is 32.0 Å². The molecule has 6 nitrogen and oxygen atoms in total. The third kappa shape index (κ3) is 5.83. The van der Waals surface area contributed by atoms with Crippen LogP contribution in [0.3, 0.4) is 0 Å². The van der Waals surface area contributed by atoms with Crippen molar-refractivity contribution in [2.24, 2.45) is 5.92 Å². The lowest BCUT2D eigenvalue weighted by atomic mass is 9.88. The zero-order chi connectivity index (χ0) is 22.5. The lowest BCUT2D eigenvalue weighted by molar-refractivity contribution is -0.121. The fourth-order valence-corrected chi connectivity index (χ4v) is 5.24. The first-order chi connectivity index (χ1) is 14.8. The first-order valence-corrected chi connectivity index (χ1v) is 11.6. The number of fused-ring (bicyclic) bond motifs is 1. The molecular weight excluding hydrogens is 432 g/mol. The van der Waals surface area contributed by atoms with Gasteiger partial charge in [0.05, 0.1) is 12.2 Å². The second-order valence-corrected chi connectivity index (χ2v) is 9.35. The van der Waals surface area contributed by atoms with Crippen LogP contribution in [0.4, 0.5) is 5.00 Å². The Morgan fingerprint density at radius 2 is 2.06 bits per heavy atom. The molecule has 2 N–H and O–H groups in total. The minimum Gasteiger partial charge on any atom is -0.483 e. The second kappa shape index (κ2) is 10.2. The molecule has 0 saturated heterocycles. The normalized spacial score (nSPS) is 15.0. The number of aryl methyl sites for hydroxylation is 2. The van der Waals surface area contributed by atoms with Gasteiger partial charge >= 0.3 is 5.97 Å². The zero-order valence-electron chi connectivity index (χ0n) is 18.3. The maximum Gasteiger partial charge on any atom is 0.341 e. The van der Waals surface area contributed by atoms with Crippen LogP contribution in [0.1, 0.15) is 52.2 Å². The lowest BCUT2D eigenvalue weighted by Gasteiger charge is -2.18. The van der Waals surface area contributed by atoms with Crippen LogP contribution in [0.25, 0.3) is 0 Å². The number of benzene rings is 1. The molecular formula is C23H28N2O4S2. The first-order valence-electron chi connectivity index (χ1n) is 10.4. The second-order valence-electron chi connectivity index (χ2n) is 7.84. The standard InChI is InChI=1S/C23H28N2O4S2/c1-5-28-22(27)20-16-9-7-14(3)11-18(16)31-21(20)25-23(30)24-19(26)12-29-17-10-13(2)6-8-15(17)4/h6,8,10,14H,5,7,9,11-12H2,1-4H3,(H2,24,25,26,30). The quantitative estimate of drug-likeness (QED) is 0.486. The highest BCUT2D eigenvalue weighted by atomic mass is 32.1. The number of nitrogens with one attached hydrogen (secondary N) is 2. The van der Waals surface area contributed by atoms with Gasteiger partial charge in [-0.2, -0.15) is 0 Å². The molecule has 0 fully saturated rings. The van der Waals surface area contributed by atoms with Gasteiger partial charge in [-0.05, 0) is 80.9 Å². The molecule has 2 aromatic rings. The molecule has 1 aromatic heterocycles. The van der Waals surface area contributed by atoms with Crippen LogP contribution < -0.4 is 15.4 Å². The monoisotopic (exact) mass is 460 g/mol. The van der Waals surface area contributed by atoms with Crippen LogP contribution in [0.5, 0.6) is 5.75 Å². The van der Waals surface area contributed by atoms with E-state index in [1.165, 1.54) is 16.2 Å². The van der Waals surface area contributed by atoms with Crippen LogP contribution in [-0.4, -0.2) is 30.2 Å². The van der Waals surface area contributed by atoms with Crippen molar-refractivity contribution >= 4 is 45.5 Å². The largest absolute Gasteiger partial charge is 0.483 e. The average Bonchev–Trinajstić information content (AvgIpc) is 3.05. The van der Waals surface area contributed by atoms with E-state index in [-0.39, 0.29) is 23.6 Å². The molecule has 166 valence electrons. The maximum absolute atomic E-state index is 12.6. The molecule has 1 aliphatic carbocycles. The number of esters is 1. The van der Waals surface area contributed by atoms with Gasteiger partial charge in [0, 0.05) is 4.88 Å². The highest BCUT2D eigenvalue weighted by Gasteiger charge is 2.28. The molecule has 0 bridgehead atoms. The van der Waals surface area contributed by atoms with Crippen LogP contribution in [0, 0.1) is 19.8 Å². The molecule has 0 radical (unpaired) electrons. The summed E-state index contributed by atoms with van der Waals surface area (Å²) in [6, 6.07) is 5.83. The molecule has 0 spiro atoms. The van der Waals surface area contributed by atoms with E-state index in [1.54, 1.807) is 6.92 Å². The van der Waals surface area contributed by atoms with Gasteiger partial charge in [-0.15, -0.1) is 11.3 Å². The van der Waals surface area contributed by atoms with Gasteiger partial charge in [-0.1, -0.05) is 19.1 Å². The van der Waals surface area contributed by atoms with E-state index < -0.39 is 0 Å². The van der Waals surface area contributed by atoms with Crippen LogP contribution in [0.2, 0.25) is 0 Å². The zero-order valence-corrected chi connectivity index (χ0v) is 19.9. The Hall–Kier alpha value is -2.45. The Bertz CT molecular complexity index is 1000. The summed E-state index contributed by atoms with van der Waals surface area (Å²) in [6.45, 7) is 8.03. The summed E-state index contributed by atoms with van der Waals surface area (Å²) < 4.78 is 10.9. The van der Waals surface area contributed by atoms with Gasteiger partial charge in [-0.3, -0.25) is 10.1 Å². The number of ether oxygens (including phenoxy) is 2. The van der Waals surface area contributed by atoms with E-state index in [0.29, 0.717) is 28.8 Å². The number of hydrogen-bond donors (Lipinski definition) is 2. The van der Waals surface area contributed by atoms with E-state index in [4.69, 9.17) is 21.7 Å². The van der Waals surface area contributed by atoms with Gasteiger partial charge < -0.3 is 14.8 Å². The van der Waals surface area contributed by atoms with Crippen molar-refractivity contribution in [1.82, 2.24) is 5.32 Å². The maximum atomic E-state index is 12.6. The number of carbonyl (C=O) groups excluding carboxylic acids is 2. The number of amides is 1. The van der Waals surface area contributed by atoms with Crippen molar-refractivity contribution in [1.29, 1.82) is 0 Å². The van der Waals surface area contributed by atoms with E-state index >= 15 is 0 Å². The molecule has 3 rings (SSSR count). The topological polar surface area (TPSA) is 76.7 Å². The van der Waals surface area contributed by atoms with Gasteiger partial charge in [0.25, 0.3) is 5.91 Å². The Kier molecular flexibility index (Phi) is 7.67. The van der Waals surface area contributed by atoms with Crippen molar-refractivity contribution in [3.8, 4) is 5.75 Å². The van der Waals surface area contributed by atoms with Crippen LogP contribution in [-0.2, 0) is 22.4 Å². The fraction of sp³-hybridized carbons (Fsp3) is 0.435. The Morgan fingerprint density at radius 3 is 2.81 bits per heavy atom. The summed E-state index contributed by atoms with van der Waals surface area (Å²) >= 11 is 6.83. The summed E-state index contributed by atoms with van der Waals surface area (Å²) in [7, 11) is 0. The Morgan fingerprint density at radius 1 is 1.29 bits per heavy atom. The fourth-order valence-electron chi connectivity index (χ4n) is 3.56. The molecule has 8 heteroatoms. The molecule has 0 aliphatic heterocycles. The molecule has 1 aliphatic rings. The lowest BCUT2D eigenvalue weighted by Crippen LogP contribution is -2.37. The Balaban J connectivity index is 1.66. The third-order valence-corrected chi connectivity index (χ3v) is 6.55. The van der Waals surface area contributed by atoms with Gasteiger partial charge in [0.1, 0.15) is 10.8 Å². The summed E-state index contributed by atoms with van der Waals surface area (Å²) in [5.74, 6) is 0.511. The average molecular weight is 461 g/mol. The SMILES string of the molecule is CCOC(=O)c1c(NC(=S)NC(=O)COc2cc(C)ccc2C)sc2c1CCC(C)C2. The van der Waals surface area contributed by atoms with Gasteiger partial charge in [-0.25, -0.2) is 4.79 Å². The predicted molar refractivity (Wildman–Crippen MR) is 127 cm³/mol. The number of thiocarbonyl (C=S) groups is 1. The van der Waals surface area contributed by atoms with E-state index in [2.05, 4.69) is 17.6 Å². The van der Waals surface area contributed by atoms with E-state index in [9.17, 15) is 9.59 Å². The predicted octanol–water partition coefficient (Wildman–Crippen LogP) is 4.56. The molecule has 1 heterocycles. The van der Waals surface area contributed by atoms with Crippen molar-refractivity contribution in [2.75, 3.05) is 18.5 Å².